The Hall–Kier alpha value is -1.58. The van der Waals surface area contributed by atoms with Gasteiger partial charge in [0.25, 0.3) is 0 Å². The minimum atomic E-state index is 0.610. The van der Waals surface area contributed by atoms with E-state index in [1.54, 1.807) is 13.3 Å². The van der Waals surface area contributed by atoms with Gasteiger partial charge in [0, 0.05) is 29.4 Å². The summed E-state index contributed by atoms with van der Waals surface area (Å²) in [7, 11) is 1.61. The van der Waals surface area contributed by atoms with Gasteiger partial charge in [-0.2, -0.15) is 0 Å². The van der Waals surface area contributed by atoms with Crippen molar-refractivity contribution >= 4 is 11.6 Å². The average Bonchev–Trinajstić information content (AvgIpc) is 2.46. The summed E-state index contributed by atoms with van der Waals surface area (Å²) in [5, 5.41) is 4.06. The highest BCUT2D eigenvalue weighted by Crippen LogP contribution is 2.27. The minimum absolute atomic E-state index is 0.610. The van der Waals surface area contributed by atoms with Crippen LogP contribution in [-0.4, -0.2) is 18.6 Å². The molecule has 1 heterocycles. The molecule has 0 aliphatic carbocycles. The van der Waals surface area contributed by atoms with Crippen LogP contribution in [0.1, 0.15) is 12.5 Å². The number of rotatable bonds is 5. The lowest BCUT2D eigenvalue weighted by atomic mass is 10.0. The van der Waals surface area contributed by atoms with Crippen molar-refractivity contribution in [3.63, 3.8) is 0 Å². The SMILES string of the molecule is CCNCc1ccc(Cl)cc1-c1ccc(OC)nc1. The Labute approximate surface area is 118 Å². The molecular formula is C15H17ClN2O. The van der Waals surface area contributed by atoms with Crippen LogP contribution in [0.3, 0.4) is 0 Å². The Kier molecular flexibility index (Phi) is 4.77. The average molecular weight is 277 g/mol. The first kappa shape index (κ1) is 13.8. The predicted molar refractivity (Wildman–Crippen MR) is 78.6 cm³/mol. The third-order valence-corrected chi connectivity index (χ3v) is 3.13. The molecule has 2 rings (SSSR count). The zero-order valence-corrected chi connectivity index (χ0v) is 11.9. The van der Waals surface area contributed by atoms with E-state index in [9.17, 15) is 0 Å². The lowest BCUT2D eigenvalue weighted by molar-refractivity contribution is 0.398. The lowest BCUT2D eigenvalue weighted by Crippen LogP contribution is -2.12. The van der Waals surface area contributed by atoms with E-state index in [2.05, 4.69) is 17.2 Å². The molecule has 0 fully saturated rings. The van der Waals surface area contributed by atoms with Gasteiger partial charge >= 0.3 is 0 Å². The van der Waals surface area contributed by atoms with Gasteiger partial charge in [-0.25, -0.2) is 4.98 Å². The van der Waals surface area contributed by atoms with Gasteiger partial charge in [-0.15, -0.1) is 0 Å². The summed E-state index contributed by atoms with van der Waals surface area (Å²) in [4.78, 5) is 4.24. The summed E-state index contributed by atoms with van der Waals surface area (Å²) >= 11 is 6.09. The second-order valence-corrected chi connectivity index (χ2v) is 4.61. The molecule has 0 atom stereocenters. The maximum absolute atomic E-state index is 6.09. The number of nitrogens with zero attached hydrogens (tertiary/aromatic N) is 1. The number of methoxy groups -OCH3 is 1. The van der Waals surface area contributed by atoms with Gasteiger partial charge in [0.1, 0.15) is 0 Å². The Bertz CT molecular complexity index is 540. The van der Waals surface area contributed by atoms with E-state index < -0.39 is 0 Å². The van der Waals surface area contributed by atoms with Gasteiger partial charge in [0.15, 0.2) is 0 Å². The second kappa shape index (κ2) is 6.55. The Morgan fingerprint density at radius 2 is 2.11 bits per heavy atom. The zero-order chi connectivity index (χ0) is 13.7. The van der Waals surface area contributed by atoms with E-state index in [1.807, 2.05) is 30.3 Å². The fraction of sp³-hybridized carbons (Fsp3) is 0.267. The fourth-order valence-electron chi connectivity index (χ4n) is 1.89. The molecular weight excluding hydrogens is 260 g/mol. The van der Waals surface area contributed by atoms with Crippen molar-refractivity contribution in [2.45, 2.75) is 13.5 Å². The monoisotopic (exact) mass is 276 g/mol. The number of hydrogen-bond acceptors (Lipinski definition) is 3. The molecule has 1 aromatic carbocycles. The molecule has 3 nitrogen and oxygen atoms in total. The van der Waals surface area contributed by atoms with Gasteiger partial charge < -0.3 is 10.1 Å². The first-order chi connectivity index (χ1) is 9.24. The number of pyridine rings is 1. The van der Waals surface area contributed by atoms with Crippen molar-refractivity contribution in [3.05, 3.63) is 47.1 Å². The first-order valence-electron chi connectivity index (χ1n) is 6.24. The van der Waals surface area contributed by atoms with Gasteiger partial charge in [-0.05, 0) is 35.9 Å². The molecule has 0 saturated heterocycles. The van der Waals surface area contributed by atoms with Crippen LogP contribution < -0.4 is 10.1 Å². The molecule has 4 heteroatoms. The standard InChI is InChI=1S/C15H17ClN2O/c1-3-17-9-11-4-6-13(16)8-14(11)12-5-7-15(19-2)18-10-12/h4-8,10,17H,3,9H2,1-2H3. The maximum atomic E-state index is 6.09. The molecule has 100 valence electrons. The maximum Gasteiger partial charge on any atom is 0.212 e. The van der Waals surface area contributed by atoms with Crippen LogP contribution in [0.25, 0.3) is 11.1 Å². The van der Waals surface area contributed by atoms with Crippen LogP contribution >= 0.6 is 11.6 Å². The number of nitrogens with one attached hydrogen (secondary N) is 1. The Morgan fingerprint density at radius 3 is 2.74 bits per heavy atom. The summed E-state index contributed by atoms with van der Waals surface area (Å²) in [5.74, 6) is 0.610. The summed E-state index contributed by atoms with van der Waals surface area (Å²) in [6.45, 7) is 3.84. The molecule has 19 heavy (non-hydrogen) atoms. The van der Waals surface area contributed by atoms with Crippen molar-refractivity contribution in [3.8, 4) is 17.0 Å². The molecule has 1 N–H and O–H groups in total. The lowest BCUT2D eigenvalue weighted by Gasteiger charge is -2.11. The highest BCUT2D eigenvalue weighted by atomic mass is 35.5. The van der Waals surface area contributed by atoms with E-state index >= 15 is 0 Å². The summed E-state index contributed by atoms with van der Waals surface area (Å²) in [6.07, 6.45) is 1.81. The van der Waals surface area contributed by atoms with E-state index in [0.717, 1.165) is 29.2 Å². The van der Waals surface area contributed by atoms with E-state index in [4.69, 9.17) is 16.3 Å². The highest BCUT2D eigenvalue weighted by Gasteiger charge is 2.06. The van der Waals surface area contributed by atoms with Crippen LogP contribution in [0.4, 0.5) is 0 Å². The summed E-state index contributed by atoms with van der Waals surface area (Å²) in [6, 6.07) is 9.77. The van der Waals surface area contributed by atoms with E-state index in [1.165, 1.54) is 5.56 Å². The van der Waals surface area contributed by atoms with Crippen molar-refractivity contribution in [2.75, 3.05) is 13.7 Å². The topological polar surface area (TPSA) is 34.1 Å². The van der Waals surface area contributed by atoms with Crippen LogP contribution in [0.15, 0.2) is 36.5 Å². The van der Waals surface area contributed by atoms with Crippen LogP contribution in [0, 0.1) is 0 Å². The summed E-state index contributed by atoms with van der Waals surface area (Å²) in [5.41, 5.74) is 3.35. The smallest absolute Gasteiger partial charge is 0.212 e. The number of hydrogen-bond donors (Lipinski definition) is 1. The van der Waals surface area contributed by atoms with Crippen molar-refractivity contribution in [1.29, 1.82) is 0 Å². The largest absolute Gasteiger partial charge is 0.481 e. The molecule has 0 bridgehead atoms. The fourth-order valence-corrected chi connectivity index (χ4v) is 2.06. The van der Waals surface area contributed by atoms with Gasteiger partial charge in [0.2, 0.25) is 5.88 Å². The molecule has 0 saturated carbocycles. The van der Waals surface area contributed by atoms with Crippen LogP contribution in [0.2, 0.25) is 5.02 Å². The van der Waals surface area contributed by atoms with Crippen molar-refractivity contribution < 1.29 is 4.74 Å². The predicted octanol–water partition coefficient (Wildman–Crippen LogP) is 3.52. The second-order valence-electron chi connectivity index (χ2n) is 4.17. The molecule has 0 aliphatic rings. The molecule has 0 aliphatic heterocycles. The van der Waals surface area contributed by atoms with Crippen molar-refractivity contribution in [1.82, 2.24) is 10.3 Å². The van der Waals surface area contributed by atoms with Gasteiger partial charge in [-0.3, -0.25) is 0 Å². The molecule has 1 aromatic heterocycles. The number of aromatic nitrogens is 1. The van der Waals surface area contributed by atoms with Crippen LogP contribution in [-0.2, 0) is 6.54 Å². The van der Waals surface area contributed by atoms with Gasteiger partial charge in [0.05, 0.1) is 7.11 Å². The molecule has 0 radical (unpaired) electrons. The highest BCUT2D eigenvalue weighted by molar-refractivity contribution is 6.30. The number of benzene rings is 1. The quantitative estimate of drug-likeness (QED) is 0.907. The van der Waals surface area contributed by atoms with E-state index in [-0.39, 0.29) is 0 Å². The first-order valence-corrected chi connectivity index (χ1v) is 6.62. The molecule has 0 amide bonds. The van der Waals surface area contributed by atoms with E-state index in [0.29, 0.717) is 5.88 Å². The Balaban J connectivity index is 2.37. The van der Waals surface area contributed by atoms with Gasteiger partial charge in [-0.1, -0.05) is 24.6 Å². The summed E-state index contributed by atoms with van der Waals surface area (Å²) < 4.78 is 5.07. The van der Waals surface area contributed by atoms with Crippen LogP contribution in [0.5, 0.6) is 5.88 Å². The minimum Gasteiger partial charge on any atom is -0.481 e. The third-order valence-electron chi connectivity index (χ3n) is 2.89. The zero-order valence-electron chi connectivity index (χ0n) is 11.1. The normalized spacial score (nSPS) is 10.5. The molecule has 2 aromatic rings. The molecule has 0 unspecified atom stereocenters. The molecule has 0 spiro atoms. The number of ether oxygens (including phenoxy) is 1. The Morgan fingerprint density at radius 1 is 1.26 bits per heavy atom. The number of halogens is 1. The van der Waals surface area contributed by atoms with Crippen molar-refractivity contribution in [2.24, 2.45) is 0 Å². The third kappa shape index (κ3) is 3.46.